The summed E-state index contributed by atoms with van der Waals surface area (Å²) in [6.07, 6.45) is 1.73. The molecule has 0 heterocycles. The summed E-state index contributed by atoms with van der Waals surface area (Å²) in [5.74, 6) is 3.28. The molecule has 0 unspecified atom stereocenters. The molecule has 636 valence electrons. The first-order valence-electron chi connectivity index (χ1n) is 47.3. The average Bonchev–Trinajstić information content (AvgIpc) is 0.759. The minimum absolute atomic E-state index is 0.0570. The van der Waals surface area contributed by atoms with Gasteiger partial charge in [-0.05, 0) is 274 Å². The Morgan fingerprint density at radius 3 is 0.754 bits per heavy atom. The van der Waals surface area contributed by atoms with Gasteiger partial charge in [-0.1, -0.05) is 441 Å². The summed E-state index contributed by atoms with van der Waals surface area (Å²) in [6.45, 7) is 97.4. The van der Waals surface area contributed by atoms with Crippen molar-refractivity contribution < 1.29 is 9.60 Å². The first kappa shape index (κ1) is 93.3. The minimum Gasteiger partial charge on any atom is -0.0625 e. The molecule has 0 atom stereocenters. The van der Waals surface area contributed by atoms with Crippen LogP contribution in [0.25, 0.3) is 0 Å². The Hall–Kier alpha value is -6.24. The molecule has 0 saturated heterocycles. The van der Waals surface area contributed by atoms with Gasteiger partial charge in [0, 0.05) is 9.60 Å². The summed E-state index contributed by atoms with van der Waals surface area (Å²) in [4.78, 5) is 0. The fraction of sp³-hybridized carbons (Fsp3) is 0.579. The van der Waals surface area contributed by atoms with Crippen LogP contribution in [0.2, 0.25) is 0 Å². The summed E-state index contributed by atoms with van der Waals surface area (Å²) in [5.41, 5.74) is 31.4. The van der Waals surface area contributed by atoms with E-state index in [-0.39, 0.29) is 48.7 Å². The molecule has 0 bridgehead atoms. The summed E-state index contributed by atoms with van der Waals surface area (Å²) >= 11 is 0. The van der Waals surface area contributed by atoms with Crippen molar-refractivity contribution in [1.29, 1.82) is 0 Å². The average molecular weight is 1560 g/mol. The van der Waals surface area contributed by atoms with Crippen LogP contribution in [-0.2, 0) is 87.2 Å². The molecule has 0 fully saturated rings. The number of rotatable bonds is 11. The maximum absolute atomic E-state index is 7.94. The van der Waals surface area contributed by atoms with Crippen LogP contribution in [0, 0.1) is 46.4 Å². The number of hydrogen-bond acceptors (Lipinski definition) is 0. The molecular formula is C114H180. The monoisotopic (exact) mass is 1560 g/mol. The van der Waals surface area contributed by atoms with Crippen molar-refractivity contribution in [1.82, 2.24) is 0 Å². The highest BCUT2D eigenvalue weighted by molar-refractivity contribution is 5.47. The molecular weight excluding hydrogens is 1370 g/mol. The minimum atomic E-state index is -2.01. The van der Waals surface area contributed by atoms with Gasteiger partial charge in [-0.3, -0.25) is 0 Å². The van der Waals surface area contributed by atoms with Crippen LogP contribution >= 0.6 is 0 Å². The fourth-order valence-corrected chi connectivity index (χ4v) is 16.9. The van der Waals surface area contributed by atoms with Crippen LogP contribution < -0.4 is 0 Å². The first-order valence-corrected chi connectivity index (χ1v) is 43.8. The Morgan fingerprint density at radius 2 is 0.500 bits per heavy atom. The van der Waals surface area contributed by atoms with E-state index in [1.807, 2.05) is 34.6 Å². The molecule has 0 radical (unpaired) electrons. The molecule has 0 aliphatic heterocycles. The quantitative estimate of drug-likeness (QED) is 0.121. The van der Waals surface area contributed by atoms with E-state index < -0.39 is 19.6 Å². The van der Waals surface area contributed by atoms with E-state index in [2.05, 4.69) is 384 Å². The van der Waals surface area contributed by atoms with Crippen molar-refractivity contribution >= 4 is 0 Å². The topological polar surface area (TPSA) is 0 Å². The third kappa shape index (κ3) is 34.4. The highest BCUT2D eigenvalue weighted by Gasteiger charge is 2.29. The lowest BCUT2D eigenvalue weighted by Gasteiger charge is -2.29. The summed E-state index contributed by atoms with van der Waals surface area (Å²) in [6, 6.07) is 53.3. The standard InChI is InChI=1S/C18H30.C16H26.3C14H22.2C13H20.C12H18/c1-13(2)11-15-9-8-10-16(12-14(3)4)17(15)18(5,6)7;1-11(2)13-9-8-10-14(12(3)4)15(13)16(5,6)7;1-13(2,3)11-9-7-8-10-12(11)14(4,5)6;2*1-6-11-9-8-10-12(7-2)13(11)14(3,4)5;1-9-7-10(2)12(11(3)8-9)13(4,5)6;1-10(2)11-8-6-7-9-12(11)13(3,4)5;1-9-7-6-8-10(2)11(9)12(3,4)5/h8-10,13-14H,11-12H2,1-7H3;8-12H,1-7H3;7-10H,1-6H3;2*8-10H,6-7H2,1-5H3;7-8H,1-6H3;6-10H,1-5H3;6-8H,1-5H3/i;;;6D2,7D2;;1D3;;. The Labute approximate surface area is 720 Å². The van der Waals surface area contributed by atoms with Crippen molar-refractivity contribution in [3.8, 4) is 0 Å². The van der Waals surface area contributed by atoms with Crippen LogP contribution in [0.15, 0.2) is 152 Å². The van der Waals surface area contributed by atoms with Gasteiger partial charge in [-0.15, -0.1) is 0 Å². The van der Waals surface area contributed by atoms with Gasteiger partial charge in [0.2, 0.25) is 0 Å². The second kappa shape index (κ2) is 45.1. The van der Waals surface area contributed by atoms with Crippen LogP contribution in [-0.4, -0.2) is 0 Å². The Balaban J connectivity index is 0.000000694. The summed E-state index contributed by atoms with van der Waals surface area (Å²) < 4.78 is 54.0. The second-order valence-electron chi connectivity index (χ2n) is 43.4. The predicted molar refractivity (Wildman–Crippen MR) is 520 cm³/mol. The highest BCUT2D eigenvalue weighted by Crippen LogP contribution is 2.40. The zero-order chi connectivity index (χ0) is 94.7. The Bertz CT molecular complexity index is 4260. The van der Waals surface area contributed by atoms with Gasteiger partial charge in [-0.25, -0.2) is 0 Å². The highest BCUT2D eigenvalue weighted by atomic mass is 14.3. The number of benzene rings is 8. The molecule has 0 N–H and O–H groups in total. The fourth-order valence-electron chi connectivity index (χ4n) is 16.9. The summed E-state index contributed by atoms with van der Waals surface area (Å²) in [5, 5.41) is 0. The van der Waals surface area contributed by atoms with Gasteiger partial charge in [0.15, 0.2) is 0 Å². The molecule has 8 aromatic rings. The van der Waals surface area contributed by atoms with Gasteiger partial charge in [0.25, 0.3) is 0 Å². The van der Waals surface area contributed by atoms with E-state index in [0.717, 1.165) is 41.4 Å². The van der Waals surface area contributed by atoms with Gasteiger partial charge in [-0.2, -0.15) is 0 Å². The van der Waals surface area contributed by atoms with Crippen molar-refractivity contribution in [2.75, 3.05) is 0 Å². The molecule has 0 spiro atoms. The van der Waals surface area contributed by atoms with Gasteiger partial charge in [0.1, 0.15) is 0 Å². The van der Waals surface area contributed by atoms with E-state index in [9.17, 15) is 0 Å². The maximum Gasteiger partial charge on any atom is 0.0313 e. The lowest BCUT2D eigenvalue weighted by Crippen LogP contribution is -2.21. The predicted octanol–water partition coefficient (Wildman–Crippen LogP) is 34.7. The zero-order valence-electron chi connectivity index (χ0n) is 89.6. The second-order valence-corrected chi connectivity index (χ2v) is 43.4. The molecule has 8 aromatic carbocycles. The SMILES string of the molecule is CC(C)(C)c1ccccc1C(C)(C)C.CC(C)Cc1cccc(CC(C)C)c1C(C)(C)C.CC(C)c1cccc(C(C)C)c1C(C)(C)C.CC(C)c1ccccc1C(C)(C)C.CCc1cccc(CC)c1C(C)(C)C.Cc1cccc(C)c1C(C)(C)C.[2H]C([2H])(C)c1cccc(C([2H])([2H])C)c1C(C)(C)C.[2H]C([2H])([2H])c1cc(C)c(C(C)(C)C)c(C)c1. The maximum atomic E-state index is 7.94. The largest absolute Gasteiger partial charge is 0.0625 e. The van der Waals surface area contributed by atoms with E-state index in [0.29, 0.717) is 34.4 Å². The van der Waals surface area contributed by atoms with E-state index in [4.69, 9.17) is 9.60 Å². The molecule has 0 amide bonds. The molecule has 8 rings (SSSR count). The van der Waals surface area contributed by atoms with E-state index >= 15 is 0 Å². The molecule has 0 heteroatoms. The molecule has 0 saturated carbocycles. The van der Waals surface area contributed by atoms with Crippen LogP contribution in [0.3, 0.4) is 0 Å². The lowest BCUT2D eigenvalue weighted by atomic mass is 9.75. The third-order valence-corrected chi connectivity index (χ3v) is 20.9. The Morgan fingerprint density at radius 1 is 0.254 bits per heavy atom. The normalized spacial score (nSPS) is 13.5. The molecule has 114 heavy (non-hydrogen) atoms. The first-order chi connectivity index (χ1) is 54.4. The summed E-state index contributed by atoms with van der Waals surface area (Å²) in [7, 11) is 0. The van der Waals surface area contributed by atoms with Crippen molar-refractivity contribution in [2.24, 2.45) is 11.8 Å². The smallest absolute Gasteiger partial charge is 0.0313 e. The van der Waals surface area contributed by atoms with E-state index in [1.165, 1.54) is 93.5 Å². The third-order valence-electron chi connectivity index (χ3n) is 20.9. The number of hydrogen-bond donors (Lipinski definition) is 0. The molecule has 0 aromatic heterocycles. The van der Waals surface area contributed by atoms with Crippen molar-refractivity contribution in [2.45, 2.75) is 423 Å². The van der Waals surface area contributed by atoms with Crippen LogP contribution in [0.1, 0.15) is 439 Å². The Kier molecular flexibility index (Phi) is 36.9. The number of aryl methyl sites for hydroxylation is 9. The van der Waals surface area contributed by atoms with Crippen molar-refractivity contribution in [3.05, 3.63) is 280 Å². The zero-order valence-corrected chi connectivity index (χ0v) is 82.6. The van der Waals surface area contributed by atoms with Gasteiger partial charge in [0.05, 0.1) is 0 Å². The van der Waals surface area contributed by atoms with E-state index in [1.54, 1.807) is 58.1 Å². The lowest BCUT2D eigenvalue weighted by molar-refractivity contribution is 0.530. The van der Waals surface area contributed by atoms with Crippen LogP contribution in [0.4, 0.5) is 0 Å². The molecule has 0 nitrogen and oxygen atoms in total. The van der Waals surface area contributed by atoms with Gasteiger partial charge < -0.3 is 0 Å². The van der Waals surface area contributed by atoms with Crippen molar-refractivity contribution in [3.63, 3.8) is 0 Å². The van der Waals surface area contributed by atoms with Crippen LogP contribution in [0.5, 0.6) is 0 Å². The molecule has 0 aliphatic rings. The molecule has 0 aliphatic carbocycles. The van der Waals surface area contributed by atoms with Gasteiger partial charge >= 0.3 is 0 Å².